The van der Waals surface area contributed by atoms with Crippen molar-refractivity contribution in [1.82, 2.24) is 5.32 Å². The van der Waals surface area contributed by atoms with E-state index in [1.54, 1.807) is 18.3 Å². The molecule has 1 amide bonds. The number of amides is 1. The lowest BCUT2D eigenvalue weighted by atomic mass is 9.84. The fourth-order valence-electron chi connectivity index (χ4n) is 4.11. The second-order valence-electron chi connectivity index (χ2n) is 7.51. The van der Waals surface area contributed by atoms with E-state index in [0.717, 1.165) is 27.1 Å². The van der Waals surface area contributed by atoms with Crippen molar-refractivity contribution in [3.8, 4) is 0 Å². The van der Waals surface area contributed by atoms with Crippen LogP contribution in [-0.2, 0) is 20.9 Å². The molecule has 27 heavy (non-hydrogen) atoms. The van der Waals surface area contributed by atoms with E-state index in [2.05, 4.69) is 5.32 Å². The van der Waals surface area contributed by atoms with Gasteiger partial charge in [-0.25, -0.2) is 0 Å². The van der Waals surface area contributed by atoms with Crippen molar-refractivity contribution in [2.24, 2.45) is 11.8 Å². The zero-order valence-corrected chi connectivity index (χ0v) is 17.0. The Hall–Kier alpha value is -2.27. The summed E-state index contributed by atoms with van der Waals surface area (Å²) in [5.74, 6) is -2.16. The van der Waals surface area contributed by atoms with Crippen molar-refractivity contribution in [3.63, 3.8) is 0 Å². The lowest BCUT2D eigenvalue weighted by molar-refractivity contribution is -0.132. The fraction of sp³-hybridized carbons (Fsp3) is 0.409. The van der Waals surface area contributed by atoms with Gasteiger partial charge in [0.2, 0.25) is 5.91 Å². The Labute approximate surface area is 164 Å². The number of aryl methyl sites for hydroxylation is 3. The predicted octanol–water partition coefficient (Wildman–Crippen LogP) is 3.87. The van der Waals surface area contributed by atoms with Gasteiger partial charge in [0, 0.05) is 23.1 Å². The third-order valence-corrected chi connectivity index (χ3v) is 6.33. The zero-order valence-electron chi connectivity index (χ0n) is 16.2. The van der Waals surface area contributed by atoms with Gasteiger partial charge in [-0.2, -0.15) is 0 Å². The second-order valence-corrected chi connectivity index (χ2v) is 8.54. The highest BCUT2D eigenvalue weighted by Crippen LogP contribution is 2.39. The summed E-state index contributed by atoms with van der Waals surface area (Å²) in [6.07, 6.45) is 0.143. The monoisotopic (exact) mass is 383 g/mol. The molecule has 1 heterocycles. The molecule has 5 heteroatoms. The first kappa shape index (κ1) is 19.5. The summed E-state index contributed by atoms with van der Waals surface area (Å²) >= 11 is 1.58. The van der Waals surface area contributed by atoms with Crippen LogP contribution in [-0.4, -0.2) is 17.5 Å². The molecule has 1 aliphatic carbocycles. The predicted molar refractivity (Wildman–Crippen MR) is 107 cm³/mol. The summed E-state index contributed by atoms with van der Waals surface area (Å²) in [4.78, 5) is 39.4. The largest absolute Gasteiger partial charge is 0.351 e. The van der Waals surface area contributed by atoms with Crippen LogP contribution in [0.2, 0.25) is 0 Å². The van der Waals surface area contributed by atoms with E-state index in [-0.39, 0.29) is 23.9 Å². The zero-order chi connectivity index (χ0) is 19.7. The molecular formula is C22H25NO3S. The summed E-state index contributed by atoms with van der Waals surface area (Å²) < 4.78 is 0. The Morgan fingerprint density at radius 1 is 1.22 bits per heavy atom. The maximum atomic E-state index is 13.1. The minimum Gasteiger partial charge on any atom is -0.351 e. The molecule has 3 unspecified atom stereocenters. The van der Waals surface area contributed by atoms with Crippen molar-refractivity contribution in [3.05, 3.63) is 56.8 Å². The van der Waals surface area contributed by atoms with Gasteiger partial charge in [0.1, 0.15) is 11.7 Å². The van der Waals surface area contributed by atoms with Crippen LogP contribution < -0.4 is 5.32 Å². The van der Waals surface area contributed by atoms with Gasteiger partial charge in [-0.05, 0) is 48.9 Å². The van der Waals surface area contributed by atoms with Crippen LogP contribution in [0.3, 0.4) is 0 Å². The van der Waals surface area contributed by atoms with Crippen LogP contribution in [0.4, 0.5) is 0 Å². The highest BCUT2D eigenvalue weighted by atomic mass is 32.1. The Morgan fingerprint density at radius 2 is 1.89 bits per heavy atom. The van der Waals surface area contributed by atoms with E-state index in [1.807, 2.05) is 50.4 Å². The molecule has 0 radical (unpaired) electrons. The highest BCUT2D eigenvalue weighted by Gasteiger charge is 2.46. The summed E-state index contributed by atoms with van der Waals surface area (Å²) in [5.41, 5.74) is 3.87. The van der Waals surface area contributed by atoms with E-state index in [9.17, 15) is 14.4 Å². The van der Waals surface area contributed by atoms with Gasteiger partial charge in [0.15, 0.2) is 5.78 Å². The summed E-state index contributed by atoms with van der Waals surface area (Å²) in [5, 5.41) is 4.85. The molecule has 1 saturated carbocycles. The van der Waals surface area contributed by atoms with E-state index in [1.165, 1.54) is 0 Å². The van der Waals surface area contributed by atoms with E-state index >= 15 is 0 Å². The maximum absolute atomic E-state index is 13.1. The number of benzene rings is 1. The molecular weight excluding hydrogens is 358 g/mol. The van der Waals surface area contributed by atoms with Gasteiger partial charge >= 0.3 is 0 Å². The number of carbonyl (C=O) groups excluding carboxylic acids is 3. The minimum atomic E-state index is -0.733. The van der Waals surface area contributed by atoms with Crippen LogP contribution in [0.15, 0.2) is 29.6 Å². The quantitative estimate of drug-likeness (QED) is 0.797. The molecule has 0 aliphatic heterocycles. The summed E-state index contributed by atoms with van der Waals surface area (Å²) in [6.45, 7) is 8.10. The Morgan fingerprint density at radius 3 is 2.48 bits per heavy atom. The van der Waals surface area contributed by atoms with Crippen molar-refractivity contribution in [2.75, 3.05) is 0 Å². The van der Waals surface area contributed by atoms with E-state index < -0.39 is 17.8 Å². The van der Waals surface area contributed by atoms with Gasteiger partial charge < -0.3 is 5.32 Å². The Kier molecular flexibility index (Phi) is 5.61. The molecule has 1 aliphatic rings. The lowest BCUT2D eigenvalue weighted by Crippen LogP contribution is -2.35. The summed E-state index contributed by atoms with van der Waals surface area (Å²) in [7, 11) is 0. The topological polar surface area (TPSA) is 63.2 Å². The van der Waals surface area contributed by atoms with Crippen LogP contribution in [0, 0.1) is 32.6 Å². The average molecular weight is 384 g/mol. The van der Waals surface area contributed by atoms with Crippen LogP contribution in [0.5, 0.6) is 0 Å². The Balaban J connectivity index is 1.76. The average Bonchev–Trinajstić information content (AvgIpc) is 3.21. The number of hydrogen-bond acceptors (Lipinski definition) is 4. The molecule has 4 nitrogen and oxygen atoms in total. The molecule has 0 bridgehead atoms. The molecule has 0 spiro atoms. The van der Waals surface area contributed by atoms with E-state index in [4.69, 9.17) is 0 Å². The van der Waals surface area contributed by atoms with Gasteiger partial charge in [-0.1, -0.05) is 30.7 Å². The molecule has 3 rings (SSSR count). The Bertz CT molecular complexity index is 862. The maximum Gasteiger partial charge on any atom is 0.223 e. The van der Waals surface area contributed by atoms with Crippen LogP contribution in [0.1, 0.15) is 46.4 Å². The molecule has 142 valence electrons. The van der Waals surface area contributed by atoms with Crippen molar-refractivity contribution < 1.29 is 14.4 Å². The number of thiophene rings is 1. The first-order valence-corrected chi connectivity index (χ1v) is 10.1. The normalized spacial score (nSPS) is 20.7. The molecule has 1 aromatic heterocycles. The van der Waals surface area contributed by atoms with Gasteiger partial charge in [0.05, 0.1) is 6.54 Å². The number of Topliss-reactive ketones (excluding diaryl/α,β-unsaturated/α-hetero) is 2. The van der Waals surface area contributed by atoms with Gasteiger partial charge in [0.25, 0.3) is 0 Å². The highest BCUT2D eigenvalue weighted by molar-refractivity contribution is 7.09. The van der Waals surface area contributed by atoms with Crippen LogP contribution in [0.25, 0.3) is 0 Å². The second kappa shape index (κ2) is 7.77. The van der Waals surface area contributed by atoms with Crippen molar-refractivity contribution >= 4 is 28.8 Å². The molecule has 3 atom stereocenters. The molecule has 1 fully saturated rings. The molecule has 1 N–H and O–H groups in total. The SMILES string of the molecule is Cc1cc(C)c(C2C(=O)CC(C(C)C(=O)NCc3cccs3)C2=O)c(C)c1. The smallest absolute Gasteiger partial charge is 0.223 e. The lowest BCUT2D eigenvalue weighted by Gasteiger charge is -2.19. The third kappa shape index (κ3) is 3.88. The van der Waals surface area contributed by atoms with Crippen molar-refractivity contribution in [1.29, 1.82) is 0 Å². The number of ketones is 2. The van der Waals surface area contributed by atoms with Crippen molar-refractivity contribution in [2.45, 2.75) is 46.6 Å². The standard InChI is InChI=1S/C22H25NO3S/c1-12-8-13(2)19(14(3)9-12)20-18(24)10-17(21(20)25)15(4)22(26)23-11-16-6-5-7-27-16/h5-9,15,17,20H,10-11H2,1-4H3,(H,23,26). The first-order valence-electron chi connectivity index (χ1n) is 9.24. The third-order valence-electron chi connectivity index (χ3n) is 5.45. The van der Waals surface area contributed by atoms with Gasteiger partial charge in [-0.15, -0.1) is 11.3 Å². The molecule has 1 aromatic carbocycles. The van der Waals surface area contributed by atoms with Gasteiger partial charge in [-0.3, -0.25) is 14.4 Å². The minimum absolute atomic E-state index is 0.0713. The van der Waals surface area contributed by atoms with E-state index in [0.29, 0.717) is 6.54 Å². The number of carbonyl (C=O) groups is 3. The number of rotatable bonds is 5. The number of nitrogens with one attached hydrogen (secondary N) is 1. The fourth-order valence-corrected chi connectivity index (χ4v) is 4.76. The first-order chi connectivity index (χ1) is 12.8. The molecule has 2 aromatic rings. The summed E-state index contributed by atoms with van der Waals surface area (Å²) in [6, 6.07) is 7.91. The number of hydrogen-bond donors (Lipinski definition) is 1. The van der Waals surface area contributed by atoms with Crippen LogP contribution >= 0.6 is 11.3 Å². The molecule has 0 saturated heterocycles.